The zero-order chi connectivity index (χ0) is 6.28. The predicted octanol–water partition coefficient (Wildman–Crippen LogP) is 1.92. The molecule has 3 nitrogen and oxygen atoms in total. The Morgan fingerprint density at radius 1 is 1.62 bits per heavy atom. The lowest BCUT2D eigenvalue weighted by atomic mass is 11.3. The fraction of sp³-hybridized carbons (Fsp3) is 0.250. The van der Waals surface area contributed by atoms with Crippen molar-refractivity contribution in [3.8, 4) is 0 Å². The Balaban J connectivity index is -0.0000000575. The van der Waals surface area contributed by atoms with Gasteiger partial charge in [0.2, 0.25) is 0 Å². The van der Waals surface area contributed by atoms with Crippen LogP contribution >= 0.6 is 12.6 Å². The van der Waals surface area contributed by atoms with Crippen molar-refractivity contribution in [2.75, 3.05) is 0 Å². The van der Waals surface area contributed by atoms with Crippen LogP contribution < -0.4 is 0 Å². The molecule has 0 aromatic carbocycles. The van der Waals surface area contributed by atoms with Crippen molar-refractivity contribution in [2.45, 2.75) is 7.43 Å². The van der Waals surface area contributed by atoms with Gasteiger partial charge >= 0.3 is 6.16 Å². The predicted molar refractivity (Wildman–Crippen MR) is 36.6 cm³/mol. The highest BCUT2D eigenvalue weighted by molar-refractivity contribution is 7.83. The maximum Gasteiger partial charge on any atom is 0.503 e. The van der Waals surface area contributed by atoms with E-state index in [0.29, 0.717) is 0 Å². The van der Waals surface area contributed by atoms with Crippen LogP contribution in [-0.2, 0) is 0 Å². The number of carbonyl (C=O) groups is 1. The Kier molecular flexibility index (Phi) is 31.7. The average Bonchev–Trinajstić information content (AvgIpc) is 1.33. The first-order valence-electron chi connectivity index (χ1n) is 1.32. The largest absolute Gasteiger partial charge is 0.503 e. The summed E-state index contributed by atoms with van der Waals surface area (Å²) in [5.41, 5.74) is 0. The van der Waals surface area contributed by atoms with E-state index >= 15 is 0 Å². The van der Waals surface area contributed by atoms with E-state index in [4.69, 9.17) is 15.0 Å². The molecule has 2 N–H and O–H groups in total. The van der Waals surface area contributed by atoms with Gasteiger partial charge in [0.25, 0.3) is 0 Å². The van der Waals surface area contributed by atoms with E-state index in [-0.39, 0.29) is 7.43 Å². The van der Waals surface area contributed by atoms with Crippen LogP contribution in [-0.4, -0.2) is 16.4 Å². The minimum Gasteiger partial charge on any atom is -0.450 e. The lowest BCUT2D eigenvalue weighted by Gasteiger charge is -1.60. The summed E-state index contributed by atoms with van der Waals surface area (Å²) in [7, 11) is 0. The van der Waals surface area contributed by atoms with Crippen LogP contribution in [0.4, 0.5) is 4.79 Å². The Labute approximate surface area is 54.1 Å². The topological polar surface area (TPSA) is 57.5 Å². The van der Waals surface area contributed by atoms with Crippen molar-refractivity contribution >= 4 is 18.8 Å². The number of thiol groups is 1. The third-order valence-electron chi connectivity index (χ3n) is 0. The van der Waals surface area contributed by atoms with Crippen molar-refractivity contribution in [2.24, 2.45) is 0 Å². The van der Waals surface area contributed by atoms with E-state index in [2.05, 4.69) is 19.2 Å². The zero-order valence-electron chi connectivity index (χ0n) is 3.53. The summed E-state index contributed by atoms with van der Waals surface area (Å²) in [4.78, 5) is 8.56. The van der Waals surface area contributed by atoms with Gasteiger partial charge in [-0.25, -0.2) is 4.79 Å². The normalized spacial score (nSPS) is 4.62. The van der Waals surface area contributed by atoms with Crippen LogP contribution in [0.2, 0.25) is 0 Å². The van der Waals surface area contributed by atoms with E-state index < -0.39 is 6.16 Å². The quantitative estimate of drug-likeness (QED) is 0.448. The first kappa shape index (κ1) is 15.7. The van der Waals surface area contributed by atoms with Crippen LogP contribution in [0.3, 0.4) is 0 Å². The first-order chi connectivity index (χ1) is 3.15. The molecule has 0 atom stereocenters. The molecule has 50 valence electrons. The molecular formula is C4H10O3S. The SMILES string of the molecule is C.C=CS.O=C(O)O. The van der Waals surface area contributed by atoms with Crippen LogP contribution in [0, 0.1) is 0 Å². The average molecular weight is 138 g/mol. The highest BCUT2D eigenvalue weighted by atomic mass is 32.1. The molecule has 0 heterocycles. The van der Waals surface area contributed by atoms with Crippen LogP contribution in [0.1, 0.15) is 7.43 Å². The fourth-order valence-corrected chi connectivity index (χ4v) is 0. The Morgan fingerprint density at radius 3 is 1.62 bits per heavy atom. The molecule has 0 aromatic rings. The highest BCUT2D eigenvalue weighted by Gasteiger charge is 1.70. The Bertz CT molecular complexity index is 58.3. The monoisotopic (exact) mass is 138 g/mol. The van der Waals surface area contributed by atoms with Crippen LogP contribution in [0.5, 0.6) is 0 Å². The zero-order valence-corrected chi connectivity index (χ0v) is 4.43. The molecule has 4 heteroatoms. The molecule has 0 spiro atoms. The van der Waals surface area contributed by atoms with Gasteiger partial charge in [-0.2, -0.15) is 12.6 Å². The summed E-state index contributed by atoms with van der Waals surface area (Å²) in [6, 6.07) is 0. The van der Waals surface area contributed by atoms with Gasteiger partial charge in [0.05, 0.1) is 0 Å². The van der Waals surface area contributed by atoms with E-state index in [0.717, 1.165) is 0 Å². The van der Waals surface area contributed by atoms with Gasteiger partial charge in [0.15, 0.2) is 0 Å². The maximum atomic E-state index is 8.56. The fourth-order valence-electron chi connectivity index (χ4n) is 0. The summed E-state index contributed by atoms with van der Waals surface area (Å²) in [6.07, 6.45) is -1.83. The molecule has 0 radical (unpaired) electrons. The lowest BCUT2D eigenvalue weighted by molar-refractivity contribution is 0.137. The number of rotatable bonds is 0. The second-order valence-corrected chi connectivity index (χ2v) is 0.830. The molecule has 0 saturated carbocycles. The van der Waals surface area contributed by atoms with E-state index in [1.165, 1.54) is 5.41 Å². The van der Waals surface area contributed by atoms with E-state index in [1.807, 2.05) is 0 Å². The van der Waals surface area contributed by atoms with Gasteiger partial charge in [-0.3, -0.25) is 0 Å². The molecule has 0 fully saturated rings. The molecule has 0 aliphatic rings. The maximum absolute atomic E-state index is 8.56. The second kappa shape index (κ2) is 16.2. The molecule has 0 aliphatic carbocycles. The third kappa shape index (κ3) is 249. The van der Waals surface area contributed by atoms with E-state index in [1.54, 1.807) is 0 Å². The minimum absolute atomic E-state index is 0. The Morgan fingerprint density at radius 2 is 1.62 bits per heavy atom. The minimum atomic E-state index is -1.83. The molecule has 0 rings (SSSR count). The molecule has 0 aromatic heterocycles. The van der Waals surface area contributed by atoms with Gasteiger partial charge in [-0.05, 0) is 5.41 Å². The van der Waals surface area contributed by atoms with Crippen molar-refractivity contribution in [3.63, 3.8) is 0 Å². The molecule has 0 saturated heterocycles. The molecule has 0 unspecified atom stereocenters. The molecule has 0 bridgehead atoms. The number of carboxylic acid groups (broad SMARTS) is 2. The van der Waals surface area contributed by atoms with Crippen molar-refractivity contribution in [1.29, 1.82) is 0 Å². The molecule has 0 aliphatic heterocycles. The number of hydrogen-bond acceptors (Lipinski definition) is 2. The lowest BCUT2D eigenvalue weighted by Crippen LogP contribution is -1.81. The third-order valence-corrected chi connectivity index (χ3v) is 0. The molecule has 0 amide bonds. The van der Waals surface area contributed by atoms with Crippen LogP contribution in [0.15, 0.2) is 12.0 Å². The summed E-state index contributed by atoms with van der Waals surface area (Å²) in [5.74, 6) is 0. The van der Waals surface area contributed by atoms with Gasteiger partial charge in [-0.1, -0.05) is 14.0 Å². The second-order valence-electron chi connectivity index (χ2n) is 0.465. The van der Waals surface area contributed by atoms with Gasteiger partial charge in [0, 0.05) is 0 Å². The highest BCUT2D eigenvalue weighted by Crippen LogP contribution is 1.58. The van der Waals surface area contributed by atoms with Gasteiger partial charge in [-0.15, -0.1) is 0 Å². The van der Waals surface area contributed by atoms with E-state index in [9.17, 15) is 0 Å². The first-order valence-corrected chi connectivity index (χ1v) is 1.83. The Hall–Kier alpha value is -0.640. The molecular weight excluding hydrogens is 128 g/mol. The summed E-state index contributed by atoms with van der Waals surface area (Å²) < 4.78 is 0. The van der Waals surface area contributed by atoms with Crippen molar-refractivity contribution in [3.05, 3.63) is 12.0 Å². The molecule has 8 heavy (non-hydrogen) atoms. The van der Waals surface area contributed by atoms with Crippen molar-refractivity contribution in [1.82, 2.24) is 0 Å². The summed E-state index contributed by atoms with van der Waals surface area (Å²) >= 11 is 3.55. The van der Waals surface area contributed by atoms with Gasteiger partial charge < -0.3 is 10.2 Å². The smallest absolute Gasteiger partial charge is 0.450 e. The van der Waals surface area contributed by atoms with Gasteiger partial charge in [0.1, 0.15) is 0 Å². The standard InChI is InChI=1S/C2H4S.CH2O3.CH4/c1-2-3;2-1(3)4;/h2-3H,1H2;(H2,2,3,4);1H4. The number of hydrogen-bond donors (Lipinski definition) is 3. The van der Waals surface area contributed by atoms with Crippen molar-refractivity contribution < 1.29 is 15.0 Å². The summed E-state index contributed by atoms with van der Waals surface area (Å²) in [6.45, 7) is 3.23. The summed E-state index contributed by atoms with van der Waals surface area (Å²) in [5, 5.41) is 15.4. The van der Waals surface area contributed by atoms with Crippen LogP contribution in [0.25, 0.3) is 0 Å².